The van der Waals surface area contributed by atoms with E-state index in [4.69, 9.17) is 10.00 Å². The van der Waals surface area contributed by atoms with E-state index in [1.165, 1.54) is 13.2 Å². The van der Waals surface area contributed by atoms with Crippen LogP contribution in [0.3, 0.4) is 0 Å². The molecule has 0 amide bonds. The molecule has 0 saturated heterocycles. The molecular formula is C20H12N2O3. The maximum absolute atomic E-state index is 11.3. The molecule has 0 radical (unpaired) electrons. The second-order valence-electron chi connectivity index (χ2n) is 5.37. The number of aromatic carboxylic acids is 1. The molecule has 5 heteroatoms. The van der Waals surface area contributed by atoms with Gasteiger partial charge in [0, 0.05) is 11.1 Å². The minimum absolute atomic E-state index is 0.136. The fourth-order valence-corrected chi connectivity index (χ4v) is 2.80. The van der Waals surface area contributed by atoms with Gasteiger partial charge in [-0.15, -0.1) is 0 Å². The van der Waals surface area contributed by atoms with Crippen molar-refractivity contribution in [2.45, 2.75) is 0 Å². The Balaban J connectivity index is 2.42. The van der Waals surface area contributed by atoms with Gasteiger partial charge in [0.1, 0.15) is 5.75 Å². The van der Waals surface area contributed by atoms with Gasteiger partial charge in [-0.05, 0) is 47.2 Å². The highest BCUT2D eigenvalue weighted by Gasteiger charge is 2.16. The minimum atomic E-state index is -1.04. The van der Waals surface area contributed by atoms with Gasteiger partial charge in [0.25, 0.3) is 0 Å². The summed E-state index contributed by atoms with van der Waals surface area (Å²) in [5.41, 5.74) is 2.19. The molecule has 3 aromatic rings. The number of carboxylic acids is 1. The normalized spacial score (nSPS) is 10.0. The van der Waals surface area contributed by atoms with Crippen LogP contribution >= 0.6 is 0 Å². The number of benzene rings is 3. The molecule has 0 fully saturated rings. The first kappa shape index (κ1) is 16.0. The second-order valence-corrected chi connectivity index (χ2v) is 5.37. The summed E-state index contributed by atoms with van der Waals surface area (Å²) in [5.74, 6) is -0.592. The van der Waals surface area contributed by atoms with Crippen LogP contribution in [-0.4, -0.2) is 18.2 Å². The lowest BCUT2D eigenvalue weighted by molar-refractivity contribution is 0.0697. The van der Waals surface area contributed by atoms with Crippen molar-refractivity contribution in [3.8, 4) is 29.0 Å². The van der Waals surface area contributed by atoms with Gasteiger partial charge in [-0.1, -0.05) is 12.1 Å². The Morgan fingerprint density at radius 1 is 1.04 bits per heavy atom. The maximum atomic E-state index is 11.3. The third-order valence-corrected chi connectivity index (χ3v) is 3.99. The van der Waals surface area contributed by atoms with Crippen LogP contribution in [-0.2, 0) is 0 Å². The highest BCUT2D eigenvalue weighted by molar-refractivity contribution is 6.04. The van der Waals surface area contributed by atoms with Gasteiger partial charge in [0.2, 0.25) is 0 Å². The fraction of sp³-hybridized carbons (Fsp3) is 0.0500. The number of ether oxygens (including phenoxy) is 1. The summed E-state index contributed by atoms with van der Waals surface area (Å²) in [6.07, 6.45) is 0. The minimum Gasteiger partial charge on any atom is -0.496 e. The first-order chi connectivity index (χ1) is 12.1. The van der Waals surface area contributed by atoms with Crippen molar-refractivity contribution < 1.29 is 14.6 Å². The van der Waals surface area contributed by atoms with Crippen molar-refractivity contribution in [3.63, 3.8) is 0 Å². The first-order valence-corrected chi connectivity index (χ1v) is 7.37. The SMILES string of the molecule is COc1cc(C#N)ccc1-c1c(C#N)ccc2ccc(C(=O)O)cc12. The van der Waals surface area contributed by atoms with Gasteiger partial charge < -0.3 is 9.84 Å². The van der Waals surface area contributed by atoms with Crippen molar-refractivity contribution in [1.29, 1.82) is 10.5 Å². The Morgan fingerprint density at radius 2 is 1.80 bits per heavy atom. The van der Waals surface area contributed by atoms with E-state index in [1.54, 1.807) is 42.5 Å². The standard InChI is InChI=1S/C20H12N2O3/c1-25-18-8-12(10-21)2-7-16(18)19-15(11-22)6-4-13-3-5-14(20(23)24)9-17(13)19/h2-9H,1H3,(H,23,24). The van der Waals surface area contributed by atoms with E-state index in [9.17, 15) is 15.2 Å². The zero-order valence-corrected chi connectivity index (χ0v) is 13.3. The van der Waals surface area contributed by atoms with Crippen LogP contribution in [0.2, 0.25) is 0 Å². The monoisotopic (exact) mass is 328 g/mol. The number of nitriles is 2. The van der Waals surface area contributed by atoms with Crippen LogP contribution < -0.4 is 4.74 Å². The number of rotatable bonds is 3. The molecule has 0 bridgehead atoms. The van der Waals surface area contributed by atoms with Crippen LogP contribution in [0.25, 0.3) is 21.9 Å². The zero-order chi connectivity index (χ0) is 18.0. The Kier molecular flexibility index (Phi) is 4.07. The van der Waals surface area contributed by atoms with Gasteiger partial charge in [-0.3, -0.25) is 0 Å². The van der Waals surface area contributed by atoms with E-state index in [1.807, 2.05) is 6.07 Å². The summed E-state index contributed by atoms with van der Waals surface area (Å²) in [5, 5.41) is 29.3. The number of methoxy groups -OCH3 is 1. The third-order valence-electron chi connectivity index (χ3n) is 3.99. The molecule has 0 spiro atoms. The lowest BCUT2D eigenvalue weighted by Gasteiger charge is -2.14. The summed E-state index contributed by atoms with van der Waals surface area (Å²) in [4.78, 5) is 11.3. The lowest BCUT2D eigenvalue weighted by Crippen LogP contribution is -1.97. The van der Waals surface area contributed by atoms with Gasteiger partial charge in [-0.2, -0.15) is 10.5 Å². The van der Waals surface area contributed by atoms with Gasteiger partial charge in [0.05, 0.1) is 35.9 Å². The quantitative estimate of drug-likeness (QED) is 0.785. The smallest absolute Gasteiger partial charge is 0.335 e. The van der Waals surface area contributed by atoms with Crippen molar-refractivity contribution >= 4 is 16.7 Å². The van der Waals surface area contributed by atoms with Crippen molar-refractivity contribution in [3.05, 3.63) is 65.2 Å². The summed E-state index contributed by atoms with van der Waals surface area (Å²) in [6, 6.07) is 17.4. The van der Waals surface area contributed by atoms with E-state index in [0.29, 0.717) is 33.4 Å². The summed E-state index contributed by atoms with van der Waals surface area (Å²) >= 11 is 0. The van der Waals surface area contributed by atoms with Crippen LogP contribution in [0.5, 0.6) is 5.75 Å². The molecule has 0 unspecified atom stereocenters. The van der Waals surface area contributed by atoms with Gasteiger partial charge >= 0.3 is 5.97 Å². The summed E-state index contributed by atoms with van der Waals surface area (Å²) < 4.78 is 5.39. The largest absolute Gasteiger partial charge is 0.496 e. The lowest BCUT2D eigenvalue weighted by atomic mass is 9.91. The van der Waals surface area contributed by atoms with Crippen LogP contribution in [0, 0.1) is 22.7 Å². The van der Waals surface area contributed by atoms with Crippen molar-refractivity contribution in [2.24, 2.45) is 0 Å². The first-order valence-electron chi connectivity index (χ1n) is 7.37. The molecule has 3 rings (SSSR count). The highest BCUT2D eigenvalue weighted by atomic mass is 16.5. The molecule has 0 aromatic heterocycles. The number of nitrogens with zero attached hydrogens (tertiary/aromatic N) is 2. The molecular weight excluding hydrogens is 316 g/mol. The zero-order valence-electron chi connectivity index (χ0n) is 13.3. The highest BCUT2D eigenvalue weighted by Crippen LogP contribution is 2.38. The van der Waals surface area contributed by atoms with E-state index < -0.39 is 5.97 Å². The Hall–Kier alpha value is -3.83. The van der Waals surface area contributed by atoms with Crippen LogP contribution in [0.4, 0.5) is 0 Å². The van der Waals surface area contributed by atoms with Crippen molar-refractivity contribution in [1.82, 2.24) is 0 Å². The molecule has 0 aliphatic rings. The molecule has 5 nitrogen and oxygen atoms in total. The summed E-state index contributed by atoms with van der Waals surface area (Å²) in [7, 11) is 1.49. The van der Waals surface area contributed by atoms with Gasteiger partial charge in [0.15, 0.2) is 0 Å². The molecule has 0 aliphatic carbocycles. The maximum Gasteiger partial charge on any atom is 0.335 e. The molecule has 0 aliphatic heterocycles. The summed E-state index contributed by atoms with van der Waals surface area (Å²) in [6.45, 7) is 0. The van der Waals surface area contributed by atoms with E-state index in [2.05, 4.69) is 6.07 Å². The number of carbonyl (C=O) groups is 1. The second kappa shape index (κ2) is 6.35. The van der Waals surface area contributed by atoms with E-state index >= 15 is 0 Å². The third kappa shape index (κ3) is 2.75. The number of fused-ring (bicyclic) bond motifs is 1. The van der Waals surface area contributed by atoms with Crippen molar-refractivity contribution in [2.75, 3.05) is 7.11 Å². The molecule has 120 valence electrons. The number of hydrogen-bond acceptors (Lipinski definition) is 4. The Labute approximate surface area is 143 Å². The average Bonchev–Trinajstić information content (AvgIpc) is 2.65. The predicted octanol–water partition coefficient (Wildman–Crippen LogP) is 3.96. The molecule has 1 N–H and O–H groups in total. The molecule has 0 atom stereocenters. The number of hydrogen-bond donors (Lipinski definition) is 1. The fourth-order valence-electron chi connectivity index (χ4n) is 2.80. The molecule has 25 heavy (non-hydrogen) atoms. The predicted molar refractivity (Wildman–Crippen MR) is 92.3 cm³/mol. The molecule has 0 heterocycles. The Bertz CT molecular complexity index is 1090. The topological polar surface area (TPSA) is 94.1 Å². The molecule has 0 saturated carbocycles. The van der Waals surface area contributed by atoms with Crippen LogP contribution in [0.15, 0.2) is 48.5 Å². The van der Waals surface area contributed by atoms with Gasteiger partial charge in [-0.25, -0.2) is 4.79 Å². The van der Waals surface area contributed by atoms with E-state index in [-0.39, 0.29) is 5.56 Å². The molecule has 3 aromatic carbocycles. The van der Waals surface area contributed by atoms with E-state index in [0.717, 1.165) is 5.39 Å². The van der Waals surface area contributed by atoms with Crippen LogP contribution in [0.1, 0.15) is 21.5 Å². The average molecular weight is 328 g/mol. The number of carboxylic acid groups (broad SMARTS) is 1. The Morgan fingerprint density at radius 3 is 2.44 bits per heavy atom.